The molecule has 1 heterocycles. The summed E-state index contributed by atoms with van der Waals surface area (Å²) in [6, 6.07) is 12.2. The van der Waals surface area contributed by atoms with Gasteiger partial charge in [-0.05, 0) is 52.7 Å². The van der Waals surface area contributed by atoms with E-state index in [1.165, 1.54) is 24.3 Å². The van der Waals surface area contributed by atoms with Crippen LogP contribution in [0.25, 0.3) is 11.4 Å². The number of amides is 1. The molecule has 2 aromatic carbocycles. The number of aryl methyl sites for hydroxylation is 1. The number of carbonyl (C=O) groups excluding carboxylic acids is 1. The van der Waals surface area contributed by atoms with Crippen LogP contribution in [0, 0.1) is 0 Å². The van der Waals surface area contributed by atoms with Crippen molar-refractivity contribution in [3.8, 4) is 11.4 Å². The van der Waals surface area contributed by atoms with E-state index >= 15 is 0 Å². The van der Waals surface area contributed by atoms with Crippen LogP contribution >= 0.6 is 15.9 Å². The largest absolute Gasteiger partial charge is 0.322 e. The first-order valence-corrected chi connectivity index (χ1v) is 10.9. The topological polar surface area (TPSA) is 135 Å². The molecule has 0 saturated heterocycles. The Morgan fingerprint density at radius 1 is 1.21 bits per heavy atom. The van der Waals surface area contributed by atoms with Gasteiger partial charge in [0.2, 0.25) is 10.0 Å². The van der Waals surface area contributed by atoms with Crippen molar-refractivity contribution >= 4 is 37.5 Å². The number of hydrogen-bond donors (Lipinski definition) is 3. The van der Waals surface area contributed by atoms with Crippen LogP contribution in [0.3, 0.4) is 0 Å². The Morgan fingerprint density at radius 2 is 1.97 bits per heavy atom. The normalized spacial score (nSPS) is 11.3. The first kappa shape index (κ1) is 20.9. The summed E-state index contributed by atoms with van der Waals surface area (Å²) in [6.07, 6.45) is 0.613. The molecule has 3 aromatic rings. The van der Waals surface area contributed by atoms with Crippen molar-refractivity contribution in [2.75, 3.05) is 5.32 Å². The van der Waals surface area contributed by atoms with Gasteiger partial charge >= 0.3 is 0 Å². The molecule has 29 heavy (non-hydrogen) atoms. The third kappa shape index (κ3) is 4.97. The minimum absolute atomic E-state index is 0.112. The van der Waals surface area contributed by atoms with E-state index in [0.717, 1.165) is 0 Å². The van der Waals surface area contributed by atoms with Crippen molar-refractivity contribution < 1.29 is 13.2 Å². The average molecular weight is 477 g/mol. The van der Waals surface area contributed by atoms with E-state index in [9.17, 15) is 18.0 Å². The number of hydrogen-bond acceptors (Lipinski definition) is 5. The van der Waals surface area contributed by atoms with Gasteiger partial charge in [0, 0.05) is 27.5 Å². The molecule has 0 saturated carbocycles. The quantitative estimate of drug-likeness (QED) is 0.519. The molecule has 0 atom stereocenters. The lowest BCUT2D eigenvalue weighted by molar-refractivity contribution is 0.102. The first-order chi connectivity index (χ1) is 13.7. The van der Waals surface area contributed by atoms with E-state index in [2.05, 4.69) is 31.2 Å². The Bertz CT molecular complexity index is 1260. The fourth-order valence-corrected chi connectivity index (χ4v) is 3.59. The van der Waals surface area contributed by atoms with Gasteiger partial charge in [-0.1, -0.05) is 19.1 Å². The van der Waals surface area contributed by atoms with E-state index in [1.54, 1.807) is 24.3 Å². The second kappa shape index (κ2) is 8.27. The van der Waals surface area contributed by atoms with Crippen LogP contribution in [0.15, 0.2) is 62.7 Å². The summed E-state index contributed by atoms with van der Waals surface area (Å²) in [7, 11) is -3.94. The number of anilines is 1. The Hall–Kier alpha value is -2.82. The summed E-state index contributed by atoms with van der Waals surface area (Å²) in [5, 5.41) is 7.84. The molecular weight excluding hydrogens is 460 g/mol. The van der Waals surface area contributed by atoms with Crippen LogP contribution in [0.5, 0.6) is 0 Å². The molecule has 0 radical (unpaired) electrons. The lowest BCUT2D eigenvalue weighted by Gasteiger charge is -2.10. The number of sulfonamides is 1. The number of aromatic amines is 1. The molecule has 0 fully saturated rings. The van der Waals surface area contributed by atoms with Crippen LogP contribution in [0.4, 0.5) is 5.69 Å². The molecule has 0 aliphatic heterocycles. The zero-order valence-corrected chi connectivity index (χ0v) is 17.7. The Balaban J connectivity index is 1.93. The predicted molar refractivity (Wildman–Crippen MR) is 113 cm³/mol. The molecule has 150 valence electrons. The van der Waals surface area contributed by atoms with Crippen LogP contribution in [-0.4, -0.2) is 24.3 Å². The van der Waals surface area contributed by atoms with Crippen LogP contribution in [0.2, 0.25) is 0 Å². The Morgan fingerprint density at radius 3 is 2.66 bits per heavy atom. The molecule has 8 nitrogen and oxygen atoms in total. The molecule has 0 bridgehead atoms. The number of rotatable bonds is 5. The number of carbonyl (C=O) groups is 1. The summed E-state index contributed by atoms with van der Waals surface area (Å²) in [5.41, 5.74) is 1.57. The van der Waals surface area contributed by atoms with Gasteiger partial charge < -0.3 is 10.3 Å². The highest BCUT2D eigenvalue weighted by molar-refractivity contribution is 9.10. The van der Waals surface area contributed by atoms with Gasteiger partial charge in [0.05, 0.1) is 10.5 Å². The van der Waals surface area contributed by atoms with Crippen molar-refractivity contribution in [1.29, 1.82) is 0 Å². The zero-order valence-electron chi connectivity index (χ0n) is 15.3. The van der Waals surface area contributed by atoms with Crippen LogP contribution in [-0.2, 0) is 16.4 Å². The van der Waals surface area contributed by atoms with Crippen molar-refractivity contribution in [2.24, 2.45) is 5.14 Å². The highest BCUT2D eigenvalue weighted by Gasteiger charge is 2.16. The second-order valence-electron chi connectivity index (χ2n) is 6.16. The molecular formula is C19H17BrN4O4S. The van der Waals surface area contributed by atoms with Crippen LogP contribution < -0.4 is 16.0 Å². The van der Waals surface area contributed by atoms with Gasteiger partial charge in [0.1, 0.15) is 5.82 Å². The molecule has 3 rings (SSSR count). The fourth-order valence-electron chi connectivity index (χ4n) is 2.62. The maximum absolute atomic E-state index is 12.7. The Labute approximate surface area is 175 Å². The minimum Gasteiger partial charge on any atom is -0.322 e. The van der Waals surface area contributed by atoms with Gasteiger partial charge in [-0.3, -0.25) is 9.59 Å². The van der Waals surface area contributed by atoms with Gasteiger partial charge in [-0.25, -0.2) is 18.5 Å². The standard InChI is InChI=1S/C19H17BrN4O4S/c1-2-12-9-17(25)24-18(22-12)11-4-3-5-13(8-11)23-19(26)15-10-14(29(21,27)28)6-7-16(15)20/h3-10H,2H2,1H3,(H,23,26)(H2,21,27,28)(H,22,24,25). The number of halogens is 1. The molecule has 0 spiro atoms. The fraction of sp³-hybridized carbons (Fsp3) is 0.105. The van der Waals surface area contributed by atoms with Crippen molar-refractivity contribution in [3.63, 3.8) is 0 Å². The number of nitrogens with zero attached hydrogens (tertiary/aromatic N) is 1. The molecule has 1 amide bonds. The summed E-state index contributed by atoms with van der Waals surface area (Å²) in [5.74, 6) is -0.133. The summed E-state index contributed by atoms with van der Waals surface area (Å²) in [6.45, 7) is 1.90. The maximum Gasteiger partial charge on any atom is 0.256 e. The van der Waals surface area contributed by atoms with E-state index < -0.39 is 15.9 Å². The monoisotopic (exact) mass is 476 g/mol. The molecule has 4 N–H and O–H groups in total. The molecule has 0 unspecified atom stereocenters. The van der Waals surface area contributed by atoms with Gasteiger partial charge in [-0.15, -0.1) is 0 Å². The highest BCUT2D eigenvalue weighted by Crippen LogP contribution is 2.23. The first-order valence-electron chi connectivity index (χ1n) is 8.52. The minimum atomic E-state index is -3.94. The third-order valence-corrected chi connectivity index (χ3v) is 5.66. The van der Waals surface area contributed by atoms with Crippen LogP contribution in [0.1, 0.15) is 23.0 Å². The van der Waals surface area contributed by atoms with Gasteiger partial charge in [-0.2, -0.15) is 0 Å². The lowest BCUT2D eigenvalue weighted by Crippen LogP contribution is -2.16. The molecule has 1 aromatic heterocycles. The average Bonchev–Trinajstić information content (AvgIpc) is 2.67. The van der Waals surface area contributed by atoms with Crippen molar-refractivity contribution in [2.45, 2.75) is 18.2 Å². The number of H-pyrrole nitrogens is 1. The smallest absolute Gasteiger partial charge is 0.256 e. The highest BCUT2D eigenvalue weighted by atomic mass is 79.9. The van der Waals surface area contributed by atoms with Crippen molar-refractivity contribution in [1.82, 2.24) is 9.97 Å². The SMILES string of the molecule is CCc1cc(=O)[nH]c(-c2cccc(NC(=O)c3cc(S(N)(=O)=O)ccc3Br)c2)n1. The zero-order chi connectivity index (χ0) is 21.2. The number of benzene rings is 2. The lowest BCUT2D eigenvalue weighted by atomic mass is 10.1. The van der Waals surface area contributed by atoms with E-state index in [0.29, 0.717) is 33.7 Å². The van der Waals surface area contributed by atoms with Crippen molar-refractivity contribution in [3.05, 3.63) is 74.6 Å². The number of nitrogens with one attached hydrogen (secondary N) is 2. The van der Waals surface area contributed by atoms with Gasteiger partial charge in [0.25, 0.3) is 11.5 Å². The Kier molecular flexibility index (Phi) is 5.96. The number of aromatic nitrogens is 2. The summed E-state index contributed by atoms with van der Waals surface area (Å²) >= 11 is 3.24. The third-order valence-electron chi connectivity index (χ3n) is 4.06. The van der Waals surface area contributed by atoms with E-state index in [-0.39, 0.29) is 16.0 Å². The second-order valence-corrected chi connectivity index (χ2v) is 8.58. The van der Waals surface area contributed by atoms with Gasteiger partial charge in [0.15, 0.2) is 0 Å². The summed E-state index contributed by atoms with van der Waals surface area (Å²) < 4.78 is 23.5. The van der Waals surface area contributed by atoms with E-state index in [1.807, 2.05) is 6.92 Å². The number of nitrogens with two attached hydrogens (primary N) is 1. The maximum atomic E-state index is 12.7. The molecule has 0 aliphatic carbocycles. The molecule has 0 aliphatic rings. The summed E-state index contributed by atoms with van der Waals surface area (Å²) in [4.78, 5) is 31.4. The number of primary sulfonamides is 1. The van der Waals surface area contributed by atoms with E-state index in [4.69, 9.17) is 5.14 Å². The molecule has 10 heteroatoms. The predicted octanol–water partition coefficient (Wildman–Crippen LogP) is 2.66.